The highest BCUT2D eigenvalue weighted by atomic mass is 35.5. The van der Waals surface area contributed by atoms with Crippen LogP contribution in [0.25, 0.3) is 11.4 Å². The molecule has 29 heavy (non-hydrogen) atoms. The van der Waals surface area contributed by atoms with Gasteiger partial charge in [0.1, 0.15) is 0 Å². The molecule has 3 rings (SSSR count). The maximum Gasteiger partial charge on any atom is 0.234 e. The van der Waals surface area contributed by atoms with Gasteiger partial charge in [0.25, 0.3) is 0 Å². The number of halogens is 1. The van der Waals surface area contributed by atoms with Crippen molar-refractivity contribution >= 4 is 35.0 Å². The number of benzene rings is 2. The second-order valence-electron chi connectivity index (χ2n) is 7.17. The van der Waals surface area contributed by atoms with Crippen molar-refractivity contribution in [3.05, 3.63) is 59.1 Å². The smallest absolute Gasteiger partial charge is 0.234 e. The van der Waals surface area contributed by atoms with Gasteiger partial charge in [-0.25, -0.2) is 0 Å². The molecule has 0 aliphatic rings. The quantitative estimate of drug-likeness (QED) is 0.478. The van der Waals surface area contributed by atoms with Crippen LogP contribution in [0.3, 0.4) is 0 Å². The van der Waals surface area contributed by atoms with Crippen molar-refractivity contribution in [2.45, 2.75) is 38.9 Å². The van der Waals surface area contributed by atoms with Crippen LogP contribution in [0.15, 0.2) is 53.7 Å². The van der Waals surface area contributed by atoms with E-state index in [1.54, 1.807) is 0 Å². The molecule has 0 aliphatic carbocycles. The van der Waals surface area contributed by atoms with Crippen LogP contribution in [0.2, 0.25) is 5.02 Å². The van der Waals surface area contributed by atoms with E-state index in [-0.39, 0.29) is 11.7 Å². The first-order valence-corrected chi connectivity index (χ1v) is 11.0. The Morgan fingerprint density at radius 1 is 1.14 bits per heavy atom. The minimum Gasteiger partial charge on any atom is -0.325 e. The first-order valence-electron chi connectivity index (χ1n) is 9.67. The molecule has 0 atom stereocenters. The molecule has 0 saturated carbocycles. The lowest BCUT2D eigenvalue weighted by atomic mass is 10.1. The molecule has 0 fully saturated rings. The van der Waals surface area contributed by atoms with Crippen molar-refractivity contribution < 1.29 is 4.79 Å². The van der Waals surface area contributed by atoms with E-state index in [9.17, 15) is 4.79 Å². The number of rotatable bonds is 8. The second kappa shape index (κ2) is 9.94. The summed E-state index contributed by atoms with van der Waals surface area (Å²) in [5, 5.41) is 13.1. The Labute approximate surface area is 180 Å². The average Bonchev–Trinajstić information content (AvgIpc) is 3.09. The first kappa shape index (κ1) is 21.4. The number of hydrogen-bond acceptors (Lipinski definition) is 4. The SMILES string of the molecule is CCc1ccccc1NC(=O)CSc1nnc(-c2ccc(Cl)cc2)n1CC(C)C. The van der Waals surface area contributed by atoms with Gasteiger partial charge in [0.2, 0.25) is 5.91 Å². The van der Waals surface area contributed by atoms with Gasteiger partial charge in [-0.2, -0.15) is 0 Å². The summed E-state index contributed by atoms with van der Waals surface area (Å²) in [6.45, 7) is 7.14. The van der Waals surface area contributed by atoms with E-state index >= 15 is 0 Å². The highest BCUT2D eigenvalue weighted by Crippen LogP contribution is 2.26. The number of nitrogens with zero attached hydrogens (tertiary/aromatic N) is 3. The molecular formula is C22H25ClN4OS. The Hall–Kier alpha value is -2.31. The average molecular weight is 429 g/mol. The normalized spacial score (nSPS) is 11.1. The van der Waals surface area contributed by atoms with Gasteiger partial charge in [-0.3, -0.25) is 4.79 Å². The van der Waals surface area contributed by atoms with Crippen molar-refractivity contribution in [1.82, 2.24) is 14.8 Å². The molecule has 1 amide bonds. The zero-order valence-electron chi connectivity index (χ0n) is 16.9. The number of aromatic nitrogens is 3. The van der Waals surface area contributed by atoms with Gasteiger partial charge in [-0.1, -0.05) is 62.3 Å². The molecule has 152 valence electrons. The Morgan fingerprint density at radius 3 is 2.55 bits per heavy atom. The number of carbonyl (C=O) groups excluding carboxylic acids is 1. The summed E-state index contributed by atoms with van der Waals surface area (Å²) >= 11 is 7.41. The molecule has 0 spiro atoms. The summed E-state index contributed by atoms with van der Waals surface area (Å²) in [6, 6.07) is 15.4. The van der Waals surface area contributed by atoms with Crippen LogP contribution >= 0.6 is 23.4 Å². The van der Waals surface area contributed by atoms with E-state index in [1.165, 1.54) is 11.8 Å². The molecule has 1 heterocycles. The predicted octanol–water partition coefficient (Wildman–Crippen LogP) is 5.55. The third-order valence-electron chi connectivity index (χ3n) is 4.37. The van der Waals surface area contributed by atoms with Crippen LogP contribution in [0.4, 0.5) is 5.69 Å². The highest BCUT2D eigenvalue weighted by molar-refractivity contribution is 7.99. The van der Waals surface area contributed by atoms with E-state index in [0.717, 1.165) is 40.8 Å². The number of para-hydroxylation sites is 1. The van der Waals surface area contributed by atoms with Crippen molar-refractivity contribution in [2.75, 3.05) is 11.1 Å². The van der Waals surface area contributed by atoms with Crippen molar-refractivity contribution in [2.24, 2.45) is 5.92 Å². The van der Waals surface area contributed by atoms with Gasteiger partial charge < -0.3 is 9.88 Å². The fraction of sp³-hybridized carbons (Fsp3) is 0.318. The third kappa shape index (κ3) is 5.61. The molecule has 0 radical (unpaired) electrons. The highest BCUT2D eigenvalue weighted by Gasteiger charge is 2.17. The van der Waals surface area contributed by atoms with E-state index in [0.29, 0.717) is 10.9 Å². The lowest BCUT2D eigenvalue weighted by Gasteiger charge is -2.13. The molecule has 0 aliphatic heterocycles. The topological polar surface area (TPSA) is 59.8 Å². The zero-order chi connectivity index (χ0) is 20.8. The molecule has 5 nitrogen and oxygen atoms in total. The Bertz CT molecular complexity index is 969. The number of anilines is 1. The molecular weight excluding hydrogens is 404 g/mol. The number of thioether (sulfide) groups is 1. The second-order valence-corrected chi connectivity index (χ2v) is 8.54. The van der Waals surface area contributed by atoms with E-state index in [1.807, 2.05) is 48.5 Å². The number of nitrogens with one attached hydrogen (secondary N) is 1. The predicted molar refractivity (Wildman–Crippen MR) is 120 cm³/mol. The minimum absolute atomic E-state index is 0.0527. The van der Waals surface area contributed by atoms with Gasteiger partial charge in [0.15, 0.2) is 11.0 Å². The van der Waals surface area contributed by atoms with Gasteiger partial charge in [-0.05, 0) is 48.2 Å². The largest absolute Gasteiger partial charge is 0.325 e. The number of carbonyl (C=O) groups is 1. The molecule has 2 aromatic carbocycles. The maximum absolute atomic E-state index is 12.5. The van der Waals surface area contributed by atoms with Gasteiger partial charge >= 0.3 is 0 Å². The molecule has 0 unspecified atom stereocenters. The third-order valence-corrected chi connectivity index (χ3v) is 5.59. The summed E-state index contributed by atoms with van der Waals surface area (Å²) in [4.78, 5) is 12.5. The number of aryl methyl sites for hydroxylation is 1. The molecule has 0 bridgehead atoms. The monoisotopic (exact) mass is 428 g/mol. The molecule has 3 aromatic rings. The van der Waals surface area contributed by atoms with Crippen LogP contribution < -0.4 is 5.32 Å². The van der Waals surface area contributed by atoms with Crippen LogP contribution in [0, 0.1) is 5.92 Å². The Kier molecular flexibility index (Phi) is 7.34. The standard InChI is InChI=1S/C22H25ClN4OS/c1-4-16-7-5-6-8-19(16)24-20(28)14-29-22-26-25-21(27(22)13-15(2)3)17-9-11-18(23)12-10-17/h5-12,15H,4,13-14H2,1-3H3,(H,24,28). The number of hydrogen-bond donors (Lipinski definition) is 1. The summed E-state index contributed by atoms with van der Waals surface area (Å²) in [6.07, 6.45) is 0.872. The van der Waals surface area contributed by atoms with Crippen LogP contribution in [-0.2, 0) is 17.8 Å². The van der Waals surface area contributed by atoms with Crippen molar-refractivity contribution in [1.29, 1.82) is 0 Å². The fourth-order valence-corrected chi connectivity index (χ4v) is 3.88. The molecule has 7 heteroatoms. The first-order chi connectivity index (χ1) is 14.0. The minimum atomic E-state index is -0.0527. The van der Waals surface area contributed by atoms with E-state index < -0.39 is 0 Å². The maximum atomic E-state index is 12.5. The summed E-state index contributed by atoms with van der Waals surface area (Å²) < 4.78 is 2.08. The van der Waals surface area contributed by atoms with Crippen LogP contribution in [0.5, 0.6) is 0 Å². The van der Waals surface area contributed by atoms with Crippen LogP contribution in [-0.4, -0.2) is 26.4 Å². The van der Waals surface area contributed by atoms with Gasteiger partial charge in [-0.15, -0.1) is 10.2 Å². The molecule has 1 aromatic heterocycles. The fourth-order valence-electron chi connectivity index (χ4n) is 3.00. The Morgan fingerprint density at radius 2 is 1.86 bits per heavy atom. The lowest BCUT2D eigenvalue weighted by molar-refractivity contribution is -0.113. The molecule has 1 N–H and O–H groups in total. The lowest BCUT2D eigenvalue weighted by Crippen LogP contribution is -2.16. The van der Waals surface area contributed by atoms with E-state index in [2.05, 4.69) is 40.9 Å². The van der Waals surface area contributed by atoms with Gasteiger partial charge in [0.05, 0.1) is 5.75 Å². The van der Waals surface area contributed by atoms with Gasteiger partial charge in [0, 0.05) is 22.8 Å². The summed E-state index contributed by atoms with van der Waals surface area (Å²) in [7, 11) is 0. The van der Waals surface area contributed by atoms with Crippen molar-refractivity contribution in [3.8, 4) is 11.4 Å². The van der Waals surface area contributed by atoms with Crippen molar-refractivity contribution in [3.63, 3.8) is 0 Å². The summed E-state index contributed by atoms with van der Waals surface area (Å²) in [5.41, 5.74) is 2.95. The Balaban J connectivity index is 1.74. The zero-order valence-corrected chi connectivity index (χ0v) is 18.4. The van der Waals surface area contributed by atoms with Crippen LogP contribution in [0.1, 0.15) is 26.3 Å². The summed E-state index contributed by atoms with van der Waals surface area (Å²) in [5.74, 6) is 1.42. The number of amides is 1. The van der Waals surface area contributed by atoms with E-state index in [4.69, 9.17) is 11.6 Å². The molecule has 0 saturated heterocycles.